The topological polar surface area (TPSA) is 87.2 Å². The number of likely N-dealkylation sites (tertiary alicyclic amines) is 2. The number of hydrogen-bond acceptors (Lipinski definition) is 4. The molecule has 2 fully saturated rings. The van der Waals surface area contributed by atoms with Crippen LogP contribution < -0.4 is 0 Å². The Kier molecular flexibility index (Phi) is 9.20. The summed E-state index contributed by atoms with van der Waals surface area (Å²) in [5.74, 6) is 0.238. The summed E-state index contributed by atoms with van der Waals surface area (Å²) in [6.07, 6.45) is 5.23. The van der Waals surface area contributed by atoms with Crippen molar-refractivity contribution in [3.63, 3.8) is 0 Å². The van der Waals surface area contributed by atoms with Gasteiger partial charge < -0.3 is 19.6 Å². The minimum Gasteiger partial charge on any atom is -0.481 e. The van der Waals surface area contributed by atoms with E-state index in [4.69, 9.17) is 9.84 Å². The van der Waals surface area contributed by atoms with Crippen LogP contribution in [-0.2, 0) is 14.3 Å². The van der Waals surface area contributed by atoms with E-state index in [1.54, 1.807) is 4.90 Å². The standard InChI is InChI=1S/C28H42N2O5/c1-20(18-26(32)33)22-8-10-23(11-9-22)24-6-5-15-30(19-24)25(31)12-7-21-13-16-29(17-14-21)27(34)35-28(2,3)4/h8-11,20-21,24H,5-7,12-19H2,1-4H3,(H,32,33). The highest BCUT2D eigenvalue weighted by atomic mass is 16.6. The molecule has 0 bridgehead atoms. The van der Waals surface area contributed by atoms with Gasteiger partial charge in [0.05, 0.1) is 6.42 Å². The quantitative estimate of drug-likeness (QED) is 0.558. The summed E-state index contributed by atoms with van der Waals surface area (Å²) in [6, 6.07) is 8.27. The number of carbonyl (C=O) groups is 3. The van der Waals surface area contributed by atoms with Crippen LogP contribution in [0.5, 0.6) is 0 Å². The van der Waals surface area contributed by atoms with Crippen molar-refractivity contribution in [2.45, 2.75) is 90.1 Å². The van der Waals surface area contributed by atoms with Gasteiger partial charge in [0.2, 0.25) is 5.91 Å². The first-order valence-corrected chi connectivity index (χ1v) is 13.1. The summed E-state index contributed by atoms with van der Waals surface area (Å²) >= 11 is 0. The number of carbonyl (C=O) groups excluding carboxylic acids is 2. The van der Waals surface area contributed by atoms with E-state index in [0.717, 1.165) is 50.8 Å². The van der Waals surface area contributed by atoms with Gasteiger partial charge in [-0.25, -0.2) is 4.79 Å². The molecule has 0 aromatic heterocycles. The molecule has 1 aromatic carbocycles. The number of aliphatic carboxylic acids is 1. The lowest BCUT2D eigenvalue weighted by Gasteiger charge is -2.35. The van der Waals surface area contributed by atoms with Crippen molar-refractivity contribution in [3.05, 3.63) is 35.4 Å². The predicted octanol–water partition coefficient (Wildman–Crippen LogP) is 5.40. The number of benzene rings is 1. The molecule has 35 heavy (non-hydrogen) atoms. The zero-order valence-corrected chi connectivity index (χ0v) is 21.8. The van der Waals surface area contributed by atoms with Gasteiger partial charge in [0.1, 0.15) is 5.60 Å². The molecule has 2 unspecified atom stereocenters. The van der Waals surface area contributed by atoms with Crippen molar-refractivity contribution < 1.29 is 24.2 Å². The number of carboxylic acids is 1. The highest BCUT2D eigenvalue weighted by Crippen LogP contribution is 2.30. The Morgan fingerprint density at radius 1 is 1.03 bits per heavy atom. The highest BCUT2D eigenvalue weighted by molar-refractivity contribution is 5.76. The Morgan fingerprint density at radius 3 is 2.29 bits per heavy atom. The van der Waals surface area contributed by atoms with Crippen LogP contribution in [0.15, 0.2) is 24.3 Å². The zero-order valence-electron chi connectivity index (χ0n) is 21.8. The molecular formula is C28H42N2O5. The maximum atomic E-state index is 13.0. The van der Waals surface area contributed by atoms with Crippen LogP contribution in [0.1, 0.15) is 95.6 Å². The lowest BCUT2D eigenvalue weighted by molar-refractivity contribution is -0.137. The number of carboxylic acid groups (broad SMARTS) is 1. The molecule has 194 valence electrons. The number of hydrogen-bond donors (Lipinski definition) is 1. The molecule has 0 aliphatic carbocycles. The van der Waals surface area contributed by atoms with Gasteiger partial charge in [-0.1, -0.05) is 31.2 Å². The second-order valence-electron chi connectivity index (χ2n) is 11.3. The smallest absolute Gasteiger partial charge is 0.410 e. The van der Waals surface area contributed by atoms with Crippen molar-refractivity contribution in [3.8, 4) is 0 Å². The first kappa shape index (κ1) is 27.0. The van der Waals surface area contributed by atoms with Gasteiger partial charge in [-0.3, -0.25) is 9.59 Å². The van der Waals surface area contributed by atoms with E-state index in [2.05, 4.69) is 12.1 Å². The normalized spacial score (nSPS) is 20.4. The average Bonchev–Trinajstić information content (AvgIpc) is 2.81. The van der Waals surface area contributed by atoms with Gasteiger partial charge in [-0.05, 0) is 75.8 Å². The molecule has 1 aromatic rings. The molecule has 0 radical (unpaired) electrons. The van der Waals surface area contributed by atoms with E-state index in [1.807, 2.05) is 44.7 Å². The SMILES string of the molecule is CC(CC(=O)O)c1ccc(C2CCCN(C(=O)CCC3CCN(C(=O)OC(C)(C)C)CC3)C2)cc1. The minimum atomic E-state index is -0.781. The van der Waals surface area contributed by atoms with Gasteiger partial charge in [0.15, 0.2) is 0 Å². The average molecular weight is 487 g/mol. The Morgan fingerprint density at radius 2 is 1.69 bits per heavy atom. The first-order valence-electron chi connectivity index (χ1n) is 13.1. The third kappa shape index (κ3) is 8.25. The Labute approximate surface area is 209 Å². The summed E-state index contributed by atoms with van der Waals surface area (Å²) < 4.78 is 5.47. The van der Waals surface area contributed by atoms with Gasteiger partial charge >= 0.3 is 12.1 Å². The molecule has 2 aliphatic rings. The van der Waals surface area contributed by atoms with Crippen LogP contribution in [0, 0.1) is 5.92 Å². The van der Waals surface area contributed by atoms with Crippen LogP contribution in [0.3, 0.4) is 0 Å². The van der Waals surface area contributed by atoms with Crippen LogP contribution in [0.2, 0.25) is 0 Å². The molecule has 2 aliphatic heterocycles. The summed E-state index contributed by atoms with van der Waals surface area (Å²) in [5.41, 5.74) is 1.79. The molecule has 0 spiro atoms. The lowest BCUT2D eigenvalue weighted by Crippen LogP contribution is -2.42. The van der Waals surface area contributed by atoms with E-state index in [1.165, 1.54) is 5.56 Å². The molecular weight excluding hydrogens is 444 g/mol. The second kappa shape index (κ2) is 11.9. The van der Waals surface area contributed by atoms with Crippen LogP contribution in [-0.4, -0.2) is 64.7 Å². The van der Waals surface area contributed by atoms with Crippen molar-refractivity contribution >= 4 is 18.0 Å². The van der Waals surface area contributed by atoms with E-state index in [0.29, 0.717) is 31.3 Å². The van der Waals surface area contributed by atoms with Crippen LogP contribution in [0.25, 0.3) is 0 Å². The lowest BCUT2D eigenvalue weighted by atomic mass is 9.88. The molecule has 2 saturated heterocycles. The van der Waals surface area contributed by atoms with E-state index in [-0.39, 0.29) is 24.3 Å². The minimum absolute atomic E-state index is 0.0121. The Balaban J connectivity index is 1.44. The second-order valence-corrected chi connectivity index (χ2v) is 11.3. The molecule has 0 saturated carbocycles. The first-order chi connectivity index (χ1) is 16.5. The van der Waals surface area contributed by atoms with Crippen molar-refractivity contribution in [1.82, 2.24) is 9.80 Å². The summed E-state index contributed by atoms with van der Waals surface area (Å²) in [6.45, 7) is 10.5. The van der Waals surface area contributed by atoms with Gasteiger partial charge in [-0.2, -0.15) is 0 Å². The molecule has 7 heteroatoms. The molecule has 7 nitrogen and oxygen atoms in total. The summed E-state index contributed by atoms with van der Waals surface area (Å²) in [4.78, 5) is 40.0. The third-order valence-corrected chi connectivity index (χ3v) is 7.26. The van der Waals surface area contributed by atoms with Crippen LogP contribution >= 0.6 is 0 Å². The highest BCUT2D eigenvalue weighted by Gasteiger charge is 2.29. The van der Waals surface area contributed by atoms with Gasteiger partial charge in [0, 0.05) is 38.5 Å². The van der Waals surface area contributed by atoms with Crippen molar-refractivity contribution in [2.24, 2.45) is 5.92 Å². The fourth-order valence-electron chi connectivity index (χ4n) is 5.17. The number of piperidine rings is 2. The Hall–Kier alpha value is -2.57. The Bertz CT molecular complexity index is 868. The molecule has 2 heterocycles. The van der Waals surface area contributed by atoms with Crippen molar-refractivity contribution in [2.75, 3.05) is 26.2 Å². The molecule has 2 atom stereocenters. The molecule has 2 amide bonds. The number of amides is 2. The molecule has 3 rings (SSSR count). The largest absolute Gasteiger partial charge is 0.481 e. The summed E-state index contributed by atoms with van der Waals surface area (Å²) in [7, 11) is 0. The zero-order chi connectivity index (χ0) is 25.6. The number of rotatable bonds is 7. The van der Waals surface area contributed by atoms with Gasteiger partial charge in [-0.15, -0.1) is 0 Å². The number of nitrogens with zero attached hydrogens (tertiary/aromatic N) is 2. The fourth-order valence-corrected chi connectivity index (χ4v) is 5.17. The van der Waals surface area contributed by atoms with Crippen LogP contribution in [0.4, 0.5) is 4.79 Å². The maximum absolute atomic E-state index is 13.0. The van der Waals surface area contributed by atoms with Gasteiger partial charge in [0.25, 0.3) is 0 Å². The predicted molar refractivity (Wildman–Crippen MR) is 135 cm³/mol. The third-order valence-electron chi connectivity index (χ3n) is 7.26. The maximum Gasteiger partial charge on any atom is 0.410 e. The van der Waals surface area contributed by atoms with E-state index < -0.39 is 11.6 Å². The monoisotopic (exact) mass is 486 g/mol. The fraction of sp³-hybridized carbons (Fsp3) is 0.679. The van der Waals surface area contributed by atoms with Crippen molar-refractivity contribution in [1.29, 1.82) is 0 Å². The number of ether oxygens (including phenoxy) is 1. The van der Waals surface area contributed by atoms with E-state index in [9.17, 15) is 14.4 Å². The van der Waals surface area contributed by atoms with E-state index >= 15 is 0 Å². The summed E-state index contributed by atoms with van der Waals surface area (Å²) in [5, 5.41) is 9.02. The molecule has 1 N–H and O–H groups in total.